The van der Waals surface area contributed by atoms with Gasteiger partial charge in [-0.25, -0.2) is 9.59 Å². The van der Waals surface area contributed by atoms with Crippen LogP contribution < -0.4 is 5.19 Å². The molecule has 0 fully saturated rings. The Morgan fingerprint density at radius 1 is 0.652 bits per heavy atom. The van der Waals surface area contributed by atoms with Gasteiger partial charge >= 0.3 is 11.9 Å². The van der Waals surface area contributed by atoms with Crippen molar-refractivity contribution >= 4 is 41.1 Å². The van der Waals surface area contributed by atoms with Crippen LogP contribution in [0.1, 0.15) is 124 Å². The number of benzene rings is 3. The lowest BCUT2D eigenvalue weighted by molar-refractivity contribution is 0.0511. The van der Waals surface area contributed by atoms with Gasteiger partial charge in [-0.2, -0.15) is 0 Å². The molecule has 0 unspecified atom stereocenters. The van der Waals surface area contributed by atoms with Crippen molar-refractivity contribution in [3.05, 3.63) is 75.3 Å². The summed E-state index contributed by atoms with van der Waals surface area (Å²) in [6.07, 6.45) is 12.0. The lowest BCUT2D eigenvalue weighted by atomic mass is 9.70. The van der Waals surface area contributed by atoms with E-state index in [9.17, 15) is 9.59 Å². The van der Waals surface area contributed by atoms with Crippen molar-refractivity contribution in [2.75, 3.05) is 13.2 Å². The van der Waals surface area contributed by atoms with Crippen LogP contribution in [0.15, 0.2) is 53.0 Å². The highest BCUT2D eigenvalue weighted by Gasteiger charge is 2.43. The second-order valence-electron chi connectivity index (χ2n) is 13.8. The van der Waals surface area contributed by atoms with Gasteiger partial charge in [-0.05, 0) is 94.2 Å². The number of ether oxygens (including phenoxy) is 2. The van der Waals surface area contributed by atoms with Crippen LogP contribution in [-0.2, 0) is 14.9 Å². The van der Waals surface area contributed by atoms with E-state index < -0.39 is 20.0 Å². The fourth-order valence-electron chi connectivity index (χ4n) is 7.06. The van der Waals surface area contributed by atoms with Crippen LogP contribution in [0.2, 0.25) is 19.6 Å². The second kappa shape index (κ2) is 15.9. The molecule has 4 rings (SSSR count). The minimum atomic E-state index is -1.55. The van der Waals surface area contributed by atoms with Crippen molar-refractivity contribution < 1.29 is 19.1 Å². The number of unbranched alkanes of at least 4 members (excludes halogenated alkanes) is 6. The van der Waals surface area contributed by atoms with Crippen molar-refractivity contribution in [2.24, 2.45) is 0 Å². The molecule has 0 radical (unpaired) electrons. The molecule has 46 heavy (non-hydrogen) atoms. The molecule has 0 spiro atoms. The molecule has 0 aromatic heterocycles. The smallest absolute Gasteiger partial charge is 0.339 e. The largest absolute Gasteiger partial charge is 0.462 e. The summed E-state index contributed by atoms with van der Waals surface area (Å²) < 4.78 is 11.4. The molecule has 4 nitrogen and oxygen atoms in total. The Morgan fingerprint density at radius 3 is 1.74 bits per heavy atom. The summed E-state index contributed by atoms with van der Waals surface area (Å²) in [4.78, 5) is 26.3. The molecule has 0 amide bonds. The third-order valence-corrected chi connectivity index (χ3v) is 12.2. The minimum Gasteiger partial charge on any atom is -0.462 e. The molecule has 0 saturated heterocycles. The van der Waals surface area contributed by atoms with Crippen molar-refractivity contribution in [3.63, 3.8) is 0 Å². The molecular weight excluding hydrogens is 652 g/mol. The molecular formula is C40H53BrO4Si. The van der Waals surface area contributed by atoms with E-state index >= 15 is 0 Å². The van der Waals surface area contributed by atoms with E-state index in [1.54, 1.807) is 19.1 Å². The van der Waals surface area contributed by atoms with E-state index in [4.69, 9.17) is 9.47 Å². The van der Waals surface area contributed by atoms with Gasteiger partial charge in [0.25, 0.3) is 0 Å². The number of rotatable bonds is 16. The SMILES string of the molecule is CCCCCCC1(CCCCCC)c2cc(-c3cc(C(=O)OCC)c(Br)cc3C(=O)OCC)ccc2-c2ccc([Si](C)(C)C)cc21. The molecule has 0 saturated carbocycles. The van der Waals surface area contributed by atoms with Gasteiger partial charge in [-0.15, -0.1) is 0 Å². The predicted octanol–water partition coefficient (Wildman–Crippen LogP) is 11.2. The molecule has 248 valence electrons. The summed E-state index contributed by atoms with van der Waals surface area (Å²) in [5.74, 6) is -0.817. The van der Waals surface area contributed by atoms with Crippen LogP contribution in [0.5, 0.6) is 0 Å². The lowest BCUT2D eigenvalue weighted by Crippen LogP contribution is -2.38. The molecule has 0 aliphatic heterocycles. The number of fused-ring (bicyclic) bond motifs is 3. The maximum Gasteiger partial charge on any atom is 0.339 e. The monoisotopic (exact) mass is 704 g/mol. The number of halogens is 1. The molecule has 3 aromatic carbocycles. The van der Waals surface area contributed by atoms with E-state index in [1.165, 1.54) is 78.8 Å². The Balaban J connectivity index is 1.97. The van der Waals surface area contributed by atoms with Crippen LogP contribution in [0.4, 0.5) is 0 Å². The van der Waals surface area contributed by atoms with Gasteiger partial charge in [-0.1, -0.05) is 120 Å². The molecule has 0 atom stereocenters. The zero-order chi connectivity index (χ0) is 33.5. The average Bonchev–Trinajstić information content (AvgIpc) is 3.29. The van der Waals surface area contributed by atoms with Crippen molar-refractivity contribution in [3.8, 4) is 22.3 Å². The molecule has 6 heteroatoms. The van der Waals surface area contributed by atoms with Gasteiger partial charge in [0.1, 0.15) is 0 Å². The van der Waals surface area contributed by atoms with Gasteiger partial charge in [0.05, 0.1) is 32.4 Å². The predicted molar refractivity (Wildman–Crippen MR) is 198 cm³/mol. The van der Waals surface area contributed by atoms with E-state index in [-0.39, 0.29) is 18.6 Å². The van der Waals surface area contributed by atoms with Gasteiger partial charge < -0.3 is 9.47 Å². The normalized spacial score (nSPS) is 13.3. The quantitative estimate of drug-likeness (QED) is 0.0846. The summed E-state index contributed by atoms with van der Waals surface area (Å²) in [6, 6.07) is 17.5. The highest BCUT2D eigenvalue weighted by atomic mass is 79.9. The number of hydrogen-bond acceptors (Lipinski definition) is 4. The van der Waals surface area contributed by atoms with Crippen molar-refractivity contribution in [1.82, 2.24) is 0 Å². The van der Waals surface area contributed by atoms with Crippen LogP contribution in [0.3, 0.4) is 0 Å². The minimum absolute atomic E-state index is 0.0960. The van der Waals surface area contributed by atoms with E-state index in [2.05, 4.69) is 85.8 Å². The Kier molecular flexibility index (Phi) is 12.5. The Bertz CT molecular complexity index is 1520. The highest BCUT2D eigenvalue weighted by molar-refractivity contribution is 9.10. The van der Waals surface area contributed by atoms with Gasteiger partial charge in [0.15, 0.2) is 0 Å². The van der Waals surface area contributed by atoms with Crippen molar-refractivity contribution in [1.29, 1.82) is 0 Å². The third-order valence-electron chi connectivity index (χ3n) is 9.55. The number of carbonyl (C=O) groups excluding carboxylic acids is 2. The van der Waals surface area contributed by atoms with Gasteiger partial charge in [0, 0.05) is 9.89 Å². The Hall–Kier alpha value is -2.70. The zero-order valence-corrected chi connectivity index (χ0v) is 31.7. The molecule has 1 aliphatic rings. The first-order valence-corrected chi connectivity index (χ1v) is 21.8. The molecule has 3 aromatic rings. The summed E-state index contributed by atoms with van der Waals surface area (Å²) in [5, 5.41) is 1.50. The first kappa shape index (κ1) is 36.1. The standard InChI is InChI=1S/C40H53BrO4Si/c1-8-12-14-16-22-40(23-17-15-13-9-2)35-24-28(18-20-30(35)31-21-19-29(25-36(31)40)46(5,6)7)32-26-34(39(43)45-11-4)37(41)27-33(32)38(42)44-10-3/h18-21,24-27H,8-17,22-23H2,1-7H3. The van der Waals surface area contributed by atoms with Crippen LogP contribution in [0.25, 0.3) is 22.3 Å². The van der Waals surface area contributed by atoms with Crippen molar-refractivity contribution in [2.45, 2.75) is 117 Å². The van der Waals surface area contributed by atoms with E-state index in [1.807, 2.05) is 6.92 Å². The summed E-state index contributed by atoms with van der Waals surface area (Å²) in [6.45, 7) is 16.0. The average molecular weight is 706 g/mol. The van der Waals surface area contributed by atoms with Crippen LogP contribution >= 0.6 is 15.9 Å². The third kappa shape index (κ3) is 7.70. The molecule has 0 bridgehead atoms. The van der Waals surface area contributed by atoms with Gasteiger partial charge in [0.2, 0.25) is 0 Å². The molecule has 1 aliphatic carbocycles. The first-order valence-electron chi connectivity index (χ1n) is 17.5. The van der Waals surface area contributed by atoms with E-state index in [0.29, 0.717) is 21.2 Å². The highest BCUT2D eigenvalue weighted by Crippen LogP contribution is 2.55. The summed E-state index contributed by atoms with van der Waals surface area (Å²) >= 11 is 3.53. The maximum atomic E-state index is 13.3. The summed E-state index contributed by atoms with van der Waals surface area (Å²) in [7, 11) is -1.55. The fraction of sp³-hybridized carbons (Fsp3) is 0.500. The number of esters is 2. The number of carbonyl (C=O) groups is 2. The van der Waals surface area contributed by atoms with Crippen LogP contribution in [-0.4, -0.2) is 33.2 Å². The molecule has 0 N–H and O–H groups in total. The zero-order valence-electron chi connectivity index (χ0n) is 29.1. The fourth-order valence-corrected chi connectivity index (χ4v) is 8.72. The Morgan fingerprint density at radius 2 is 1.20 bits per heavy atom. The lowest BCUT2D eigenvalue weighted by Gasteiger charge is -2.34. The summed E-state index contributed by atoms with van der Waals surface area (Å²) in [5.41, 5.74) is 7.85. The number of hydrogen-bond donors (Lipinski definition) is 0. The maximum absolute atomic E-state index is 13.3. The van der Waals surface area contributed by atoms with Crippen LogP contribution in [0, 0.1) is 0 Å². The van der Waals surface area contributed by atoms with E-state index in [0.717, 1.165) is 18.4 Å². The first-order chi connectivity index (χ1) is 22.0. The topological polar surface area (TPSA) is 52.6 Å². The van der Waals surface area contributed by atoms with Gasteiger partial charge in [-0.3, -0.25) is 0 Å². The second-order valence-corrected chi connectivity index (χ2v) is 19.7. The molecule has 0 heterocycles. The Labute approximate surface area is 286 Å².